The second kappa shape index (κ2) is 6.73. The normalized spacial score (nSPS) is 25.2. The molecular formula is C17H26FN3. The third-order valence-corrected chi connectivity index (χ3v) is 4.96. The largest absolute Gasteiger partial charge is 0.351 e. The van der Waals surface area contributed by atoms with Crippen molar-refractivity contribution in [1.29, 1.82) is 0 Å². The van der Waals surface area contributed by atoms with Crippen molar-refractivity contribution in [3.05, 3.63) is 24.1 Å². The van der Waals surface area contributed by atoms with Crippen LogP contribution in [0.2, 0.25) is 0 Å². The molecule has 1 saturated heterocycles. The number of anilines is 1. The van der Waals surface area contributed by atoms with Gasteiger partial charge >= 0.3 is 0 Å². The van der Waals surface area contributed by atoms with Gasteiger partial charge in [0.25, 0.3) is 0 Å². The minimum absolute atomic E-state index is 0.262. The van der Waals surface area contributed by atoms with Gasteiger partial charge in [-0.2, -0.15) is 0 Å². The van der Waals surface area contributed by atoms with E-state index in [4.69, 9.17) is 0 Å². The van der Waals surface area contributed by atoms with Crippen molar-refractivity contribution in [3.8, 4) is 0 Å². The van der Waals surface area contributed by atoms with E-state index in [9.17, 15) is 4.39 Å². The Hall–Kier alpha value is -1.16. The SMILES string of the molecule is CC1CN(CC2CCCCC2)CCN1c1ccc(F)cn1. The zero-order valence-electron chi connectivity index (χ0n) is 13.0. The molecule has 0 radical (unpaired) electrons. The quantitative estimate of drug-likeness (QED) is 0.851. The summed E-state index contributed by atoms with van der Waals surface area (Å²) in [5, 5.41) is 0. The van der Waals surface area contributed by atoms with E-state index in [-0.39, 0.29) is 5.82 Å². The van der Waals surface area contributed by atoms with Gasteiger partial charge in [-0.3, -0.25) is 4.90 Å². The number of piperazine rings is 1. The van der Waals surface area contributed by atoms with Crippen LogP contribution in [0.3, 0.4) is 0 Å². The summed E-state index contributed by atoms with van der Waals surface area (Å²) in [6.45, 7) is 6.69. The molecule has 1 aliphatic carbocycles. The molecule has 116 valence electrons. The molecule has 0 spiro atoms. The Kier molecular flexibility index (Phi) is 4.73. The molecule has 1 aromatic rings. The predicted molar refractivity (Wildman–Crippen MR) is 84.0 cm³/mol. The molecule has 3 nitrogen and oxygen atoms in total. The topological polar surface area (TPSA) is 19.4 Å². The highest BCUT2D eigenvalue weighted by atomic mass is 19.1. The van der Waals surface area contributed by atoms with E-state index < -0.39 is 0 Å². The van der Waals surface area contributed by atoms with Crippen LogP contribution in [0.15, 0.2) is 18.3 Å². The molecule has 2 heterocycles. The van der Waals surface area contributed by atoms with E-state index in [1.165, 1.54) is 50.9 Å². The van der Waals surface area contributed by atoms with Gasteiger partial charge in [-0.15, -0.1) is 0 Å². The average Bonchev–Trinajstić information content (AvgIpc) is 2.50. The van der Waals surface area contributed by atoms with Crippen LogP contribution >= 0.6 is 0 Å². The molecule has 0 aromatic carbocycles. The number of nitrogens with zero attached hydrogens (tertiary/aromatic N) is 3. The fraction of sp³-hybridized carbons (Fsp3) is 0.706. The predicted octanol–water partition coefficient (Wildman–Crippen LogP) is 3.31. The van der Waals surface area contributed by atoms with Crippen molar-refractivity contribution in [2.45, 2.75) is 45.1 Å². The first-order valence-electron chi connectivity index (χ1n) is 8.33. The Labute approximate surface area is 127 Å². The smallest absolute Gasteiger partial charge is 0.141 e. The molecule has 0 amide bonds. The highest BCUT2D eigenvalue weighted by Crippen LogP contribution is 2.26. The van der Waals surface area contributed by atoms with Gasteiger partial charge in [0.1, 0.15) is 11.6 Å². The lowest BCUT2D eigenvalue weighted by Gasteiger charge is -2.42. The van der Waals surface area contributed by atoms with Crippen LogP contribution in [0.1, 0.15) is 39.0 Å². The van der Waals surface area contributed by atoms with E-state index in [1.807, 2.05) is 0 Å². The summed E-state index contributed by atoms with van der Waals surface area (Å²) in [4.78, 5) is 9.14. The molecule has 2 aliphatic rings. The molecule has 4 heteroatoms. The molecule has 1 unspecified atom stereocenters. The first-order valence-corrected chi connectivity index (χ1v) is 8.33. The minimum atomic E-state index is -0.262. The lowest BCUT2D eigenvalue weighted by molar-refractivity contribution is 0.174. The molecule has 0 N–H and O–H groups in total. The fourth-order valence-corrected chi connectivity index (χ4v) is 3.81. The zero-order valence-corrected chi connectivity index (χ0v) is 13.0. The van der Waals surface area contributed by atoms with Crippen molar-refractivity contribution in [2.75, 3.05) is 31.1 Å². The summed E-state index contributed by atoms with van der Waals surface area (Å²) in [6.07, 6.45) is 8.40. The third-order valence-electron chi connectivity index (χ3n) is 4.96. The Bertz CT molecular complexity index is 442. The number of rotatable bonds is 3. The number of halogens is 1. The molecule has 21 heavy (non-hydrogen) atoms. The molecule has 1 atom stereocenters. The van der Waals surface area contributed by atoms with Crippen LogP contribution in [0.5, 0.6) is 0 Å². The van der Waals surface area contributed by atoms with Crippen LogP contribution in [-0.2, 0) is 0 Å². The molecule has 3 rings (SSSR count). The Morgan fingerprint density at radius 1 is 1.19 bits per heavy atom. The number of hydrogen-bond donors (Lipinski definition) is 0. The molecule has 1 aliphatic heterocycles. The second-order valence-electron chi connectivity index (χ2n) is 6.64. The molecule has 1 saturated carbocycles. The molecule has 1 aromatic heterocycles. The van der Waals surface area contributed by atoms with Gasteiger partial charge in [-0.05, 0) is 37.8 Å². The maximum absolute atomic E-state index is 13.0. The monoisotopic (exact) mass is 291 g/mol. The maximum atomic E-state index is 13.0. The van der Waals surface area contributed by atoms with Crippen molar-refractivity contribution in [3.63, 3.8) is 0 Å². The van der Waals surface area contributed by atoms with E-state index in [1.54, 1.807) is 6.07 Å². The molecule has 0 bridgehead atoms. The highest BCUT2D eigenvalue weighted by Gasteiger charge is 2.26. The van der Waals surface area contributed by atoms with Gasteiger partial charge in [0.2, 0.25) is 0 Å². The Morgan fingerprint density at radius 3 is 2.67 bits per heavy atom. The van der Waals surface area contributed by atoms with Crippen molar-refractivity contribution >= 4 is 5.82 Å². The van der Waals surface area contributed by atoms with E-state index >= 15 is 0 Å². The number of pyridine rings is 1. The summed E-state index contributed by atoms with van der Waals surface area (Å²) in [6, 6.07) is 3.74. The number of hydrogen-bond acceptors (Lipinski definition) is 3. The van der Waals surface area contributed by atoms with Crippen LogP contribution in [0.4, 0.5) is 10.2 Å². The van der Waals surface area contributed by atoms with Crippen LogP contribution in [0.25, 0.3) is 0 Å². The van der Waals surface area contributed by atoms with Crippen molar-refractivity contribution in [2.24, 2.45) is 5.92 Å². The van der Waals surface area contributed by atoms with Gasteiger partial charge in [0.05, 0.1) is 6.20 Å². The van der Waals surface area contributed by atoms with Gasteiger partial charge in [-0.25, -0.2) is 9.37 Å². The summed E-state index contributed by atoms with van der Waals surface area (Å²) < 4.78 is 13.0. The summed E-state index contributed by atoms with van der Waals surface area (Å²) >= 11 is 0. The van der Waals surface area contributed by atoms with Crippen LogP contribution < -0.4 is 4.90 Å². The average molecular weight is 291 g/mol. The van der Waals surface area contributed by atoms with E-state index in [0.717, 1.165) is 31.4 Å². The summed E-state index contributed by atoms with van der Waals surface area (Å²) in [5.41, 5.74) is 0. The fourth-order valence-electron chi connectivity index (χ4n) is 3.81. The minimum Gasteiger partial charge on any atom is -0.351 e. The summed E-state index contributed by atoms with van der Waals surface area (Å²) in [7, 11) is 0. The third kappa shape index (κ3) is 3.73. The van der Waals surface area contributed by atoms with Crippen LogP contribution in [-0.4, -0.2) is 42.1 Å². The molecular weight excluding hydrogens is 265 g/mol. The lowest BCUT2D eigenvalue weighted by Crippen LogP contribution is -2.53. The zero-order chi connectivity index (χ0) is 14.7. The van der Waals surface area contributed by atoms with Gasteiger partial charge in [0, 0.05) is 32.2 Å². The van der Waals surface area contributed by atoms with Gasteiger partial charge in [0.15, 0.2) is 0 Å². The maximum Gasteiger partial charge on any atom is 0.141 e. The summed E-state index contributed by atoms with van der Waals surface area (Å²) in [5.74, 6) is 1.55. The van der Waals surface area contributed by atoms with Gasteiger partial charge in [-0.1, -0.05) is 19.3 Å². The number of aromatic nitrogens is 1. The lowest BCUT2D eigenvalue weighted by atomic mass is 9.88. The van der Waals surface area contributed by atoms with Gasteiger partial charge < -0.3 is 4.90 Å². The second-order valence-corrected chi connectivity index (χ2v) is 6.64. The highest BCUT2D eigenvalue weighted by molar-refractivity contribution is 5.40. The Balaban J connectivity index is 1.55. The van der Waals surface area contributed by atoms with E-state index in [0.29, 0.717) is 6.04 Å². The van der Waals surface area contributed by atoms with Crippen LogP contribution in [0, 0.1) is 11.7 Å². The Morgan fingerprint density at radius 2 is 2.00 bits per heavy atom. The first kappa shape index (κ1) is 14.8. The molecule has 2 fully saturated rings. The van der Waals surface area contributed by atoms with Crippen molar-refractivity contribution < 1.29 is 4.39 Å². The van der Waals surface area contributed by atoms with E-state index in [2.05, 4.69) is 21.7 Å². The van der Waals surface area contributed by atoms with Crippen molar-refractivity contribution in [1.82, 2.24) is 9.88 Å². The first-order chi connectivity index (χ1) is 10.2. The standard InChI is InChI=1S/C17H26FN3/c1-14-12-20(13-15-5-3-2-4-6-15)9-10-21(14)17-8-7-16(18)11-19-17/h7-8,11,14-15H,2-6,9-10,12-13H2,1H3.